The van der Waals surface area contributed by atoms with E-state index in [1.165, 1.54) is 0 Å². The minimum absolute atomic E-state index is 0.250. The summed E-state index contributed by atoms with van der Waals surface area (Å²) in [7, 11) is 0. The molecule has 25 heavy (non-hydrogen) atoms. The molecular formula is C19H21BrN2O2S. The number of ether oxygens (including phenoxy) is 1. The topological polar surface area (TPSA) is 50.4 Å². The molecule has 0 radical (unpaired) electrons. The summed E-state index contributed by atoms with van der Waals surface area (Å²) < 4.78 is 6.58. The number of halogens is 1. The van der Waals surface area contributed by atoms with Crippen molar-refractivity contribution in [2.45, 2.75) is 20.3 Å². The van der Waals surface area contributed by atoms with E-state index in [0.717, 1.165) is 22.3 Å². The van der Waals surface area contributed by atoms with E-state index in [4.69, 9.17) is 17.0 Å². The molecule has 0 saturated heterocycles. The summed E-state index contributed by atoms with van der Waals surface area (Å²) in [5.74, 6) is 1.09. The highest BCUT2D eigenvalue weighted by Crippen LogP contribution is 2.16. The minimum Gasteiger partial charge on any atom is -0.494 e. The van der Waals surface area contributed by atoms with Gasteiger partial charge in [-0.1, -0.05) is 35.8 Å². The lowest BCUT2D eigenvalue weighted by Gasteiger charge is -2.11. The van der Waals surface area contributed by atoms with E-state index < -0.39 is 0 Å². The average molecular weight is 421 g/mol. The van der Waals surface area contributed by atoms with Crippen LogP contribution in [0.15, 0.2) is 53.0 Å². The van der Waals surface area contributed by atoms with Gasteiger partial charge in [0.15, 0.2) is 5.11 Å². The van der Waals surface area contributed by atoms with Crippen molar-refractivity contribution in [2.75, 3.05) is 11.9 Å². The number of amides is 1. The fraction of sp³-hybridized carbons (Fsp3) is 0.263. The minimum atomic E-state index is -0.263. The first-order valence-corrected chi connectivity index (χ1v) is 9.25. The Morgan fingerprint density at radius 2 is 1.92 bits per heavy atom. The quantitative estimate of drug-likeness (QED) is 0.645. The summed E-state index contributed by atoms with van der Waals surface area (Å²) in [6.45, 7) is 4.98. The highest BCUT2D eigenvalue weighted by molar-refractivity contribution is 9.10. The molecule has 0 bridgehead atoms. The van der Waals surface area contributed by atoms with Gasteiger partial charge >= 0.3 is 0 Å². The lowest BCUT2D eigenvalue weighted by atomic mass is 10.1. The number of hydrogen-bond donors (Lipinski definition) is 2. The Morgan fingerprint density at radius 3 is 2.56 bits per heavy atom. The molecule has 0 heterocycles. The third kappa shape index (κ3) is 6.84. The number of carbonyl (C=O) groups excluding carboxylic acids is 1. The highest BCUT2D eigenvalue weighted by atomic mass is 79.9. The van der Waals surface area contributed by atoms with Gasteiger partial charge in [-0.05, 0) is 67.0 Å². The smallest absolute Gasteiger partial charge is 0.257 e. The fourth-order valence-electron chi connectivity index (χ4n) is 2.02. The Bertz CT molecular complexity index is 732. The van der Waals surface area contributed by atoms with E-state index >= 15 is 0 Å². The Morgan fingerprint density at radius 1 is 1.20 bits per heavy atom. The Labute approximate surface area is 162 Å². The predicted octanol–water partition coefficient (Wildman–Crippen LogP) is 5.00. The highest BCUT2D eigenvalue weighted by Gasteiger charge is 2.08. The first-order valence-electron chi connectivity index (χ1n) is 8.05. The number of carbonyl (C=O) groups is 1. The molecule has 0 aliphatic rings. The van der Waals surface area contributed by atoms with Crippen molar-refractivity contribution in [3.8, 4) is 5.75 Å². The lowest BCUT2D eigenvalue weighted by molar-refractivity contribution is 0.0977. The van der Waals surface area contributed by atoms with Crippen LogP contribution in [0, 0.1) is 5.92 Å². The van der Waals surface area contributed by atoms with Crippen LogP contribution in [0.25, 0.3) is 0 Å². The van der Waals surface area contributed by atoms with Crippen molar-refractivity contribution in [3.05, 3.63) is 58.6 Å². The van der Waals surface area contributed by atoms with Gasteiger partial charge in [-0.15, -0.1) is 0 Å². The van der Waals surface area contributed by atoms with E-state index in [1.54, 1.807) is 24.3 Å². The molecule has 0 aliphatic heterocycles. The van der Waals surface area contributed by atoms with Crippen LogP contribution in [0.2, 0.25) is 0 Å². The Hall–Kier alpha value is -1.92. The first-order chi connectivity index (χ1) is 11.9. The van der Waals surface area contributed by atoms with Gasteiger partial charge in [-0.2, -0.15) is 0 Å². The van der Waals surface area contributed by atoms with Crippen LogP contribution < -0.4 is 15.4 Å². The molecule has 2 rings (SSSR count). The molecule has 0 spiro atoms. The second kappa shape index (κ2) is 9.53. The monoisotopic (exact) mass is 420 g/mol. The molecular weight excluding hydrogens is 400 g/mol. The average Bonchev–Trinajstić information content (AvgIpc) is 2.55. The SMILES string of the molecule is CC(C)CCOc1ccc(C(=O)NC(=S)Nc2cccc(Br)c2)cc1. The zero-order valence-corrected chi connectivity index (χ0v) is 16.6. The third-order valence-electron chi connectivity index (χ3n) is 3.39. The third-order valence-corrected chi connectivity index (χ3v) is 4.09. The van der Waals surface area contributed by atoms with Crippen molar-refractivity contribution < 1.29 is 9.53 Å². The molecule has 6 heteroatoms. The van der Waals surface area contributed by atoms with Crippen LogP contribution in [0.3, 0.4) is 0 Å². The predicted molar refractivity (Wildman–Crippen MR) is 109 cm³/mol. The van der Waals surface area contributed by atoms with Crippen LogP contribution in [0.4, 0.5) is 5.69 Å². The summed E-state index contributed by atoms with van der Waals surface area (Å²) in [6.07, 6.45) is 0.998. The van der Waals surface area contributed by atoms with E-state index in [-0.39, 0.29) is 11.0 Å². The van der Waals surface area contributed by atoms with Gasteiger partial charge in [-0.25, -0.2) is 0 Å². The van der Waals surface area contributed by atoms with Gasteiger partial charge in [-0.3, -0.25) is 10.1 Å². The molecule has 2 N–H and O–H groups in total. The molecule has 0 unspecified atom stereocenters. The normalized spacial score (nSPS) is 10.4. The summed E-state index contributed by atoms with van der Waals surface area (Å²) >= 11 is 8.57. The van der Waals surface area contributed by atoms with Crippen molar-refractivity contribution in [1.82, 2.24) is 5.32 Å². The van der Waals surface area contributed by atoms with Crippen molar-refractivity contribution in [2.24, 2.45) is 5.92 Å². The molecule has 0 fully saturated rings. The van der Waals surface area contributed by atoms with E-state index in [1.807, 2.05) is 24.3 Å². The van der Waals surface area contributed by atoms with Crippen molar-refractivity contribution in [3.63, 3.8) is 0 Å². The second-order valence-electron chi connectivity index (χ2n) is 5.97. The maximum Gasteiger partial charge on any atom is 0.257 e. The molecule has 1 amide bonds. The van der Waals surface area contributed by atoms with E-state index in [2.05, 4.69) is 40.4 Å². The number of anilines is 1. The molecule has 2 aromatic rings. The van der Waals surface area contributed by atoms with Gasteiger partial charge in [0.1, 0.15) is 5.75 Å². The molecule has 132 valence electrons. The summed E-state index contributed by atoms with van der Waals surface area (Å²) in [5.41, 5.74) is 1.32. The van der Waals surface area contributed by atoms with Crippen molar-refractivity contribution in [1.29, 1.82) is 0 Å². The molecule has 0 atom stereocenters. The number of nitrogens with one attached hydrogen (secondary N) is 2. The molecule has 0 aliphatic carbocycles. The first kappa shape index (κ1) is 19.4. The molecule has 4 nitrogen and oxygen atoms in total. The lowest BCUT2D eigenvalue weighted by Crippen LogP contribution is -2.34. The number of rotatable bonds is 6. The molecule has 2 aromatic carbocycles. The van der Waals surface area contributed by atoms with Gasteiger partial charge in [0.25, 0.3) is 5.91 Å². The Balaban J connectivity index is 1.86. The summed E-state index contributed by atoms with van der Waals surface area (Å²) in [4.78, 5) is 12.2. The largest absolute Gasteiger partial charge is 0.494 e. The Kier molecular flexibility index (Phi) is 7.40. The number of benzene rings is 2. The van der Waals surface area contributed by atoms with Crippen LogP contribution >= 0.6 is 28.1 Å². The van der Waals surface area contributed by atoms with Gasteiger partial charge < -0.3 is 10.1 Å². The summed E-state index contributed by atoms with van der Waals surface area (Å²) in [6, 6.07) is 14.6. The maximum atomic E-state index is 12.2. The van der Waals surface area contributed by atoms with Crippen LogP contribution in [-0.4, -0.2) is 17.6 Å². The standard InChI is InChI=1S/C19H21BrN2O2S/c1-13(2)10-11-24-17-8-6-14(7-9-17)18(23)22-19(25)21-16-5-3-4-15(20)12-16/h3-9,12-13H,10-11H2,1-2H3,(H2,21,22,23,25). The van der Waals surface area contributed by atoms with E-state index in [0.29, 0.717) is 18.1 Å². The number of hydrogen-bond acceptors (Lipinski definition) is 3. The van der Waals surface area contributed by atoms with Gasteiger partial charge in [0.05, 0.1) is 6.61 Å². The molecule has 0 saturated carbocycles. The van der Waals surface area contributed by atoms with Crippen LogP contribution in [0.5, 0.6) is 5.75 Å². The van der Waals surface area contributed by atoms with Gasteiger partial charge in [0.2, 0.25) is 0 Å². The van der Waals surface area contributed by atoms with Crippen LogP contribution in [-0.2, 0) is 0 Å². The summed E-state index contributed by atoms with van der Waals surface area (Å²) in [5, 5.41) is 5.90. The van der Waals surface area contributed by atoms with Gasteiger partial charge in [0, 0.05) is 15.7 Å². The van der Waals surface area contributed by atoms with Crippen molar-refractivity contribution >= 4 is 44.9 Å². The van der Waals surface area contributed by atoms with Crippen LogP contribution in [0.1, 0.15) is 30.6 Å². The zero-order chi connectivity index (χ0) is 18.2. The number of thiocarbonyl (C=S) groups is 1. The maximum absolute atomic E-state index is 12.2. The zero-order valence-electron chi connectivity index (χ0n) is 14.2. The second-order valence-corrected chi connectivity index (χ2v) is 7.30. The molecule has 0 aromatic heterocycles. The van der Waals surface area contributed by atoms with E-state index in [9.17, 15) is 4.79 Å². The fourth-order valence-corrected chi connectivity index (χ4v) is 2.63.